The first-order chi connectivity index (χ1) is 27.1. The number of aromatic carboxylic acids is 2. The number of nitrogens with zero attached hydrogens (tertiary/aromatic N) is 2. The summed E-state index contributed by atoms with van der Waals surface area (Å²) in [5.41, 5.74) is 3.44. The smallest absolute Gasteiger partial charge is 0.336 e. The Balaban J connectivity index is 1.35. The molecular formula is C43H32N4O9. The highest BCUT2D eigenvalue weighted by Gasteiger charge is 2.27. The van der Waals surface area contributed by atoms with E-state index >= 15 is 0 Å². The fraction of sp³-hybridized carbons (Fsp3) is 0.0930. The molecule has 56 heavy (non-hydrogen) atoms. The normalized spacial score (nSPS) is 11.3. The van der Waals surface area contributed by atoms with E-state index < -0.39 is 17.4 Å². The highest BCUT2D eigenvalue weighted by molar-refractivity contribution is 6.10. The van der Waals surface area contributed by atoms with Gasteiger partial charge in [0.2, 0.25) is 5.88 Å². The number of ether oxygens (including phenoxy) is 1. The van der Waals surface area contributed by atoms with Gasteiger partial charge >= 0.3 is 11.9 Å². The van der Waals surface area contributed by atoms with Gasteiger partial charge in [0.05, 0.1) is 64.1 Å². The molecule has 0 atom stereocenters. The third kappa shape index (κ3) is 6.31. The number of phenols is 1. The van der Waals surface area contributed by atoms with Crippen molar-refractivity contribution in [1.29, 1.82) is 0 Å². The molecular weight excluding hydrogens is 716 g/mol. The fourth-order valence-electron chi connectivity index (χ4n) is 6.97. The number of carbonyl (C=O) groups is 2. The number of nitrogens with one attached hydrogen (secondary N) is 2. The second-order valence-corrected chi connectivity index (χ2v) is 13.0. The van der Waals surface area contributed by atoms with E-state index in [-0.39, 0.29) is 64.6 Å². The highest BCUT2D eigenvalue weighted by Crippen LogP contribution is 2.45. The third-order valence-electron chi connectivity index (χ3n) is 9.72. The number of carboxylic acids is 2. The summed E-state index contributed by atoms with van der Waals surface area (Å²) in [6, 6.07) is 27.9. The van der Waals surface area contributed by atoms with Crippen LogP contribution in [0.3, 0.4) is 0 Å². The van der Waals surface area contributed by atoms with E-state index in [0.717, 1.165) is 10.8 Å². The molecule has 13 heteroatoms. The molecule has 13 nitrogen and oxygen atoms in total. The molecule has 0 spiro atoms. The molecule has 0 bridgehead atoms. The van der Waals surface area contributed by atoms with Gasteiger partial charge in [-0.25, -0.2) is 19.6 Å². The lowest BCUT2D eigenvalue weighted by Crippen LogP contribution is -2.15. The van der Waals surface area contributed by atoms with Crippen LogP contribution in [0.5, 0.6) is 11.6 Å². The Hall–Kier alpha value is -7.51. The quantitative estimate of drug-likeness (QED) is 0.0711. The molecule has 0 fully saturated rings. The zero-order valence-corrected chi connectivity index (χ0v) is 29.7. The second kappa shape index (κ2) is 14.4. The molecule has 3 heterocycles. The average Bonchev–Trinajstić information content (AvgIpc) is 3.21. The van der Waals surface area contributed by atoms with Crippen LogP contribution in [0.2, 0.25) is 0 Å². The Morgan fingerprint density at radius 2 is 1.45 bits per heavy atom. The first kappa shape index (κ1) is 35.5. The van der Waals surface area contributed by atoms with Crippen LogP contribution in [0.4, 0.5) is 11.4 Å². The van der Waals surface area contributed by atoms with Crippen molar-refractivity contribution < 1.29 is 39.2 Å². The predicted octanol–water partition coefficient (Wildman–Crippen LogP) is 7.49. The Morgan fingerprint density at radius 1 is 0.750 bits per heavy atom. The molecule has 6 N–H and O–H groups in total. The monoisotopic (exact) mass is 748 g/mol. The van der Waals surface area contributed by atoms with E-state index in [0.29, 0.717) is 50.5 Å². The van der Waals surface area contributed by atoms with Crippen LogP contribution in [0.15, 0.2) is 112 Å². The number of aliphatic hydroxyl groups excluding tert-OH is 1. The summed E-state index contributed by atoms with van der Waals surface area (Å²) in [6.45, 7) is -0.328. The van der Waals surface area contributed by atoms with Crippen molar-refractivity contribution in [3.63, 3.8) is 0 Å². The number of anilines is 2. The van der Waals surface area contributed by atoms with Gasteiger partial charge in [-0.15, -0.1) is 0 Å². The lowest BCUT2D eigenvalue weighted by Gasteiger charge is -2.21. The largest absolute Gasteiger partial charge is 0.507 e. The van der Waals surface area contributed by atoms with Crippen LogP contribution in [0.1, 0.15) is 37.5 Å². The first-order valence-corrected chi connectivity index (χ1v) is 17.4. The number of rotatable bonds is 11. The Bertz CT molecular complexity index is 2910. The standard InChI is InChI=1S/C43H32N4O9/c1-55-36-17-10-23-5-3-7-33(39(23)47-36)45-20-31-35(50)16-14-28-37(29-18-24(42(51)52)9-12-26(29)43(53)54)27-13-15-34(49)30(40(27)56-41(28)31)19-44-32-6-2-4-22-8-11-25(21-48)46-38(22)32/h2-18,44-45,48,50H,19-21H2,1H3,(H,51,52)(H,53,54). The van der Waals surface area contributed by atoms with Gasteiger partial charge in [-0.3, -0.25) is 4.79 Å². The van der Waals surface area contributed by atoms with Gasteiger partial charge < -0.3 is 40.2 Å². The molecule has 0 amide bonds. The van der Waals surface area contributed by atoms with E-state index in [1.165, 1.54) is 43.5 Å². The van der Waals surface area contributed by atoms with E-state index in [1.54, 1.807) is 24.3 Å². The van der Waals surface area contributed by atoms with Gasteiger partial charge in [0.15, 0.2) is 5.43 Å². The number of methoxy groups -OCH3 is 1. The highest BCUT2D eigenvalue weighted by atomic mass is 16.5. The van der Waals surface area contributed by atoms with Crippen LogP contribution in [0, 0.1) is 0 Å². The second-order valence-electron chi connectivity index (χ2n) is 13.0. The maximum Gasteiger partial charge on any atom is 0.336 e. The van der Waals surface area contributed by atoms with Gasteiger partial charge in [-0.2, -0.15) is 0 Å². The van der Waals surface area contributed by atoms with Gasteiger partial charge in [-0.1, -0.05) is 30.3 Å². The van der Waals surface area contributed by atoms with Crippen LogP contribution in [-0.4, -0.2) is 49.4 Å². The summed E-state index contributed by atoms with van der Waals surface area (Å²) >= 11 is 0. The van der Waals surface area contributed by atoms with Gasteiger partial charge in [0.25, 0.3) is 0 Å². The third-order valence-corrected chi connectivity index (χ3v) is 9.72. The number of hydrogen-bond acceptors (Lipinski definition) is 11. The summed E-state index contributed by atoms with van der Waals surface area (Å²) in [5.74, 6) is -2.21. The molecule has 1 aliphatic carbocycles. The van der Waals surface area contributed by atoms with Crippen molar-refractivity contribution in [2.75, 3.05) is 17.7 Å². The molecule has 0 saturated heterocycles. The van der Waals surface area contributed by atoms with Crippen molar-refractivity contribution >= 4 is 56.1 Å². The van der Waals surface area contributed by atoms with E-state index in [2.05, 4.69) is 20.6 Å². The van der Waals surface area contributed by atoms with E-state index in [9.17, 15) is 34.8 Å². The summed E-state index contributed by atoms with van der Waals surface area (Å²) in [5, 5.41) is 50.1. The summed E-state index contributed by atoms with van der Waals surface area (Å²) in [6.07, 6.45) is 0. The maximum atomic E-state index is 13.8. The maximum absolute atomic E-state index is 13.8. The Kier molecular flexibility index (Phi) is 9.12. The lowest BCUT2D eigenvalue weighted by atomic mass is 9.87. The molecule has 278 valence electrons. The number of fused-ring (bicyclic) bond motifs is 4. The first-order valence-electron chi connectivity index (χ1n) is 17.4. The van der Waals surface area contributed by atoms with E-state index in [1.807, 2.05) is 42.5 Å². The van der Waals surface area contributed by atoms with Gasteiger partial charge in [0.1, 0.15) is 17.1 Å². The Morgan fingerprint density at radius 3 is 2.12 bits per heavy atom. The number of phenolic OH excluding ortho intramolecular Hbond substituents is 1. The Labute approximate surface area is 317 Å². The molecule has 4 aromatic carbocycles. The number of aromatic nitrogens is 2. The van der Waals surface area contributed by atoms with Gasteiger partial charge in [0, 0.05) is 46.4 Å². The average molecular weight is 749 g/mol. The van der Waals surface area contributed by atoms with Crippen molar-refractivity contribution in [3.8, 4) is 34.1 Å². The predicted molar refractivity (Wildman–Crippen MR) is 211 cm³/mol. The molecule has 0 saturated carbocycles. The molecule has 0 radical (unpaired) electrons. The molecule has 2 aliphatic rings. The topological polar surface area (TPSA) is 204 Å². The number of pyridine rings is 2. The SMILES string of the molecule is COc1ccc2cccc(NCc3c(O)ccc4c(-c5cc(C(=O)O)ccc5C(=O)O)c5ccc(=O)c(CNc6cccc7ccc(CO)nc67)c-5oc34)c2n1. The number of hydrogen-bond donors (Lipinski definition) is 6. The van der Waals surface area contributed by atoms with Crippen LogP contribution >= 0.6 is 0 Å². The minimum Gasteiger partial charge on any atom is -0.507 e. The molecule has 6 aromatic rings. The lowest BCUT2D eigenvalue weighted by molar-refractivity contribution is 0.0682. The number of aliphatic hydroxyl groups is 1. The minimum absolute atomic E-state index is 0.00388. The summed E-state index contributed by atoms with van der Waals surface area (Å²) in [7, 11) is 1.52. The summed E-state index contributed by atoms with van der Waals surface area (Å²) < 4.78 is 12.0. The number of aromatic hydroxyl groups is 1. The zero-order valence-electron chi connectivity index (χ0n) is 29.7. The van der Waals surface area contributed by atoms with Crippen molar-refractivity contribution in [2.24, 2.45) is 0 Å². The number of benzene rings is 5. The van der Waals surface area contributed by atoms with Crippen LogP contribution < -0.4 is 20.8 Å². The van der Waals surface area contributed by atoms with Crippen LogP contribution in [0.25, 0.3) is 55.2 Å². The minimum atomic E-state index is -1.30. The van der Waals surface area contributed by atoms with Crippen molar-refractivity contribution in [2.45, 2.75) is 19.7 Å². The van der Waals surface area contributed by atoms with Crippen molar-refractivity contribution in [1.82, 2.24) is 9.97 Å². The van der Waals surface area contributed by atoms with E-state index in [4.69, 9.17) is 9.15 Å². The fourth-order valence-corrected chi connectivity index (χ4v) is 6.97. The number of para-hydroxylation sites is 2. The van der Waals surface area contributed by atoms with Crippen molar-refractivity contribution in [3.05, 3.63) is 141 Å². The number of carboxylic acid groups (broad SMARTS) is 2. The molecule has 0 unspecified atom stereocenters. The molecule has 8 rings (SSSR count). The van der Waals surface area contributed by atoms with Crippen LogP contribution in [-0.2, 0) is 19.7 Å². The molecule has 1 aliphatic heterocycles. The van der Waals surface area contributed by atoms with Gasteiger partial charge in [-0.05, 0) is 72.3 Å². The summed E-state index contributed by atoms with van der Waals surface area (Å²) in [4.78, 5) is 47.8. The zero-order chi connectivity index (χ0) is 39.1. The molecule has 2 aromatic heterocycles.